The maximum atomic E-state index is 12.5. The van der Waals surface area contributed by atoms with Crippen LogP contribution in [0, 0.1) is 6.92 Å². The van der Waals surface area contributed by atoms with Crippen LogP contribution in [0.5, 0.6) is 0 Å². The second-order valence-electron chi connectivity index (χ2n) is 5.53. The van der Waals surface area contributed by atoms with Gasteiger partial charge in [0.25, 0.3) is 5.91 Å². The van der Waals surface area contributed by atoms with Gasteiger partial charge in [-0.2, -0.15) is 0 Å². The number of aryl methyl sites for hydroxylation is 1. The SMILES string of the molecule is Cc1ccc(N2CCOCC2)cc1NC(=O)c1ccccc1Br. The molecular formula is C18H19BrN2O2. The number of anilines is 2. The summed E-state index contributed by atoms with van der Waals surface area (Å²) in [7, 11) is 0. The van der Waals surface area contributed by atoms with Crippen molar-refractivity contribution in [3.05, 3.63) is 58.1 Å². The van der Waals surface area contributed by atoms with Crippen molar-refractivity contribution in [1.29, 1.82) is 0 Å². The number of hydrogen-bond donors (Lipinski definition) is 1. The minimum atomic E-state index is -0.111. The van der Waals surface area contributed by atoms with Gasteiger partial charge in [0.15, 0.2) is 0 Å². The molecule has 0 spiro atoms. The van der Waals surface area contributed by atoms with Gasteiger partial charge in [0.1, 0.15) is 0 Å². The van der Waals surface area contributed by atoms with E-state index in [1.807, 2.05) is 37.3 Å². The van der Waals surface area contributed by atoms with Crippen LogP contribution in [0.4, 0.5) is 11.4 Å². The topological polar surface area (TPSA) is 41.6 Å². The second kappa shape index (κ2) is 7.15. The smallest absolute Gasteiger partial charge is 0.256 e. The third-order valence-electron chi connectivity index (χ3n) is 3.96. The third-order valence-corrected chi connectivity index (χ3v) is 4.66. The first-order valence-electron chi connectivity index (χ1n) is 7.64. The molecule has 0 atom stereocenters. The zero-order valence-corrected chi connectivity index (χ0v) is 14.6. The zero-order valence-electron chi connectivity index (χ0n) is 13.0. The number of hydrogen-bond acceptors (Lipinski definition) is 3. The highest BCUT2D eigenvalue weighted by molar-refractivity contribution is 9.10. The number of nitrogens with zero attached hydrogens (tertiary/aromatic N) is 1. The van der Waals surface area contributed by atoms with Gasteiger partial charge in [0.2, 0.25) is 0 Å². The lowest BCUT2D eigenvalue weighted by molar-refractivity contribution is 0.102. The highest BCUT2D eigenvalue weighted by Crippen LogP contribution is 2.25. The molecule has 0 aliphatic carbocycles. The second-order valence-corrected chi connectivity index (χ2v) is 6.39. The Balaban J connectivity index is 1.82. The lowest BCUT2D eigenvalue weighted by Gasteiger charge is -2.29. The van der Waals surface area contributed by atoms with Crippen molar-refractivity contribution < 1.29 is 9.53 Å². The van der Waals surface area contributed by atoms with Gasteiger partial charge in [0.05, 0.1) is 18.8 Å². The number of rotatable bonds is 3. The van der Waals surface area contributed by atoms with Gasteiger partial charge < -0.3 is 15.0 Å². The monoisotopic (exact) mass is 374 g/mol. The predicted octanol–water partition coefficient (Wildman–Crippen LogP) is 3.85. The Bertz CT molecular complexity index is 712. The number of amides is 1. The zero-order chi connectivity index (χ0) is 16.2. The molecule has 5 heteroatoms. The Morgan fingerprint density at radius 3 is 2.65 bits per heavy atom. The molecule has 0 saturated carbocycles. The summed E-state index contributed by atoms with van der Waals surface area (Å²) in [4.78, 5) is 14.8. The summed E-state index contributed by atoms with van der Waals surface area (Å²) in [5.41, 5.74) is 3.63. The lowest BCUT2D eigenvalue weighted by atomic mass is 10.1. The summed E-state index contributed by atoms with van der Waals surface area (Å²) < 4.78 is 6.19. The molecule has 1 fully saturated rings. The van der Waals surface area contributed by atoms with E-state index in [0.29, 0.717) is 5.56 Å². The number of carbonyl (C=O) groups excluding carboxylic acids is 1. The molecule has 23 heavy (non-hydrogen) atoms. The van der Waals surface area contributed by atoms with E-state index in [4.69, 9.17) is 4.74 Å². The average Bonchev–Trinajstić information content (AvgIpc) is 2.58. The van der Waals surface area contributed by atoms with E-state index in [9.17, 15) is 4.79 Å². The minimum absolute atomic E-state index is 0.111. The summed E-state index contributed by atoms with van der Waals surface area (Å²) in [5.74, 6) is -0.111. The van der Waals surface area contributed by atoms with Gasteiger partial charge >= 0.3 is 0 Å². The van der Waals surface area contributed by atoms with E-state index in [0.717, 1.165) is 47.7 Å². The first-order valence-corrected chi connectivity index (χ1v) is 8.43. The van der Waals surface area contributed by atoms with E-state index < -0.39 is 0 Å². The Morgan fingerprint density at radius 2 is 1.91 bits per heavy atom. The van der Waals surface area contributed by atoms with E-state index in [1.165, 1.54) is 0 Å². The maximum Gasteiger partial charge on any atom is 0.256 e. The van der Waals surface area contributed by atoms with Crippen LogP contribution < -0.4 is 10.2 Å². The number of benzene rings is 2. The number of nitrogens with one attached hydrogen (secondary N) is 1. The maximum absolute atomic E-state index is 12.5. The fourth-order valence-corrected chi connectivity index (χ4v) is 3.06. The van der Waals surface area contributed by atoms with Crippen LogP contribution in [0.25, 0.3) is 0 Å². The average molecular weight is 375 g/mol. The number of halogens is 1. The summed E-state index contributed by atoms with van der Waals surface area (Å²) >= 11 is 3.42. The van der Waals surface area contributed by atoms with Crippen LogP contribution in [-0.4, -0.2) is 32.2 Å². The predicted molar refractivity (Wildman–Crippen MR) is 96.3 cm³/mol. The molecule has 0 radical (unpaired) electrons. The standard InChI is InChI=1S/C18H19BrN2O2/c1-13-6-7-14(21-8-10-23-11-9-21)12-17(13)20-18(22)15-4-2-3-5-16(15)19/h2-7,12H,8-11H2,1H3,(H,20,22). The Hall–Kier alpha value is -1.85. The van der Waals surface area contributed by atoms with Crippen molar-refractivity contribution in [2.45, 2.75) is 6.92 Å². The van der Waals surface area contributed by atoms with Crippen LogP contribution in [0.3, 0.4) is 0 Å². The highest BCUT2D eigenvalue weighted by atomic mass is 79.9. The summed E-state index contributed by atoms with van der Waals surface area (Å²) in [6, 6.07) is 13.6. The number of ether oxygens (including phenoxy) is 1. The normalized spacial score (nSPS) is 14.6. The van der Waals surface area contributed by atoms with Crippen LogP contribution in [-0.2, 0) is 4.74 Å². The third kappa shape index (κ3) is 3.74. The Kier molecular flexibility index (Phi) is 4.98. The molecule has 1 N–H and O–H groups in total. The molecule has 0 unspecified atom stereocenters. The van der Waals surface area contributed by atoms with Crippen molar-refractivity contribution in [1.82, 2.24) is 0 Å². The summed E-state index contributed by atoms with van der Waals surface area (Å²) in [6.07, 6.45) is 0. The molecule has 1 heterocycles. The van der Waals surface area contributed by atoms with E-state index in [-0.39, 0.29) is 5.91 Å². The Morgan fingerprint density at radius 1 is 1.17 bits per heavy atom. The Labute approximate surface area is 144 Å². The van der Waals surface area contributed by atoms with Gasteiger partial charge in [-0.3, -0.25) is 4.79 Å². The van der Waals surface area contributed by atoms with Gasteiger partial charge in [-0.25, -0.2) is 0 Å². The first-order chi connectivity index (χ1) is 11.1. The summed E-state index contributed by atoms with van der Waals surface area (Å²) in [6.45, 7) is 5.24. The molecule has 0 aromatic heterocycles. The molecule has 2 aromatic rings. The molecule has 4 nitrogen and oxygen atoms in total. The van der Waals surface area contributed by atoms with Gasteiger partial charge in [-0.15, -0.1) is 0 Å². The van der Waals surface area contributed by atoms with Crippen molar-refractivity contribution in [3.8, 4) is 0 Å². The van der Waals surface area contributed by atoms with E-state index in [1.54, 1.807) is 6.07 Å². The first kappa shape index (κ1) is 16.0. The quantitative estimate of drug-likeness (QED) is 0.886. The summed E-state index contributed by atoms with van der Waals surface area (Å²) in [5, 5.41) is 3.02. The molecule has 1 amide bonds. The van der Waals surface area contributed by atoms with Gasteiger partial charge in [-0.1, -0.05) is 18.2 Å². The van der Waals surface area contributed by atoms with Gasteiger partial charge in [0, 0.05) is 28.9 Å². The number of morpholine rings is 1. The van der Waals surface area contributed by atoms with Crippen molar-refractivity contribution in [3.63, 3.8) is 0 Å². The molecule has 3 rings (SSSR count). The van der Waals surface area contributed by atoms with Gasteiger partial charge in [-0.05, 0) is 52.7 Å². The molecule has 1 saturated heterocycles. The highest BCUT2D eigenvalue weighted by Gasteiger charge is 2.14. The van der Waals surface area contributed by atoms with Crippen LogP contribution in [0.1, 0.15) is 15.9 Å². The lowest BCUT2D eigenvalue weighted by Crippen LogP contribution is -2.36. The van der Waals surface area contributed by atoms with Crippen molar-refractivity contribution in [2.24, 2.45) is 0 Å². The molecule has 1 aliphatic heterocycles. The fraction of sp³-hybridized carbons (Fsp3) is 0.278. The van der Waals surface area contributed by atoms with E-state index >= 15 is 0 Å². The number of carbonyl (C=O) groups is 1. The molecule has 120 valence electrons. The largest absolute Gasteiger partial charge is 0.378 e. The minimum Gasteiger partial charge on any atom is -0.378 e. The molecular weight excluding hydrogens is 356 g/mol. The van der Waals surface area contributed by atoms with E-state index in [2.05, 4.69) is 32.2 Å². The molecule has 1 aliphatic rings. The molecule has 2 aromatic carbocycles. The van der Waals surface area contributed by atoms with Crippen molar-refractivity contribution in [2.75, 3.05) is 36.5 Å². The van der Waals surface area contributed by atoms with Crippen molar-refractivity contribution >= 4 is 33.2 Å². The molecule has 0 bridgehead atoms. The van der Waals surface area contributed by atoms with Crippen LogP contribution in [0.15, 0.2) is 46.9 Å². The van der Waals surface area contributed by atoms with Crippen LogP contribution >= 0.6 is 15.9 Å². The fourth-order valence-electron chi connectivity index (χ4n) is 2.60. The van der Waals surface area contributed by atoms with Crippen LogP contribution in [0.2, 0.25) is 0 Å².